The molecule has 9 heteroatoms. The summed E-state index contributed by atoms with van der Waals surface area (Å²) in [6.07, 6.45) is 7.41. The Labute approximate surface area is 195 Å². The van der Waals surface area contributed by atoms with Crippen LogP contribution in [0.3, 0.4) is 0 Å². The van der Waals surface area contributed by atoms with Gasteiger partial charge in [0.1, 0.15) is 10.8 Å². The first-order chi connectivity index (χ1) is 14.3. The van der Waals surface area contributed by atoms with Gasteiger partial charge in [-0.15, -0.1) is 24.2 Å². The van der Waals surface area contributed by atoms with Crippen LogP contribution in [-0.4, -0.2) is 52.3 Å². The van der Waals surface area contributed by atoms with Crippen molar-refractivity contribution >= 4 is 41.8 Å². The number of aryl methyl sites for hydroxylation is 1. The molecule has 0 radical (unpaired) electrons. The van der Waals surface area contributed by atoms with Crippen LogP contribution in [0.25, 0.3) is 0 Å². The minimum Gasteiger partial charge on any atom is -0.362 e. The van der Waals surface area contributed by atoms with Gasteiger partial charge in [-0.2, -0.15) is 4.98 Å². The Morgan fingerprint density at radius 1 is 1.16 bits per heavy atom. The molecular formula is C22H33ClN6OS. The number of amides is 1. The van der Waals surface area contributed by atoms with E-state index in [0.29, 0.717) is 22.8 Å². The number of nitrogens with zero attached hydrogens (tertiary/aromatic N) is 4. The van der Waals surface area contributed by atoms with Crippen LogP contribution >= 0.6 is 24.2 Å². The summed E-state index contributed by atoms with van der Waals surface area (Å²) in [4.78, 5) is 28.3. The molecule has 0 saturated heterocycles. The van der Waals surface area contributed by atoms with E-state index >= 15 is 0 Å². The Kier molecular flexibility index (Phi) is 9.37. The van der Waals surface area contributed by atoms with Crippen LogP contribution in [-0.2, 0) is 0 Å². The highest BCUT2D eigenvalue weighted by Crippen LogP contribution is 2.26. The van der Waals surface area contributed by atoms with Gasteiger partial charge < -0.3 is 15.5 Å². The third kappa shape index (κ3) is 6.97. The van der Waals surface area contributed by atoms with Gasteiger partial charge in [-0.05, 0) is 44.7 Å². The van der Waals surface area contributed by atoms with E-state index in [-0.39, 0.29) is 24.4 Å². The van der Waals surface area contributed by atoms with Gasteiger partial charge in [-0.25, -0.2) is 9.97 Å². The first kappa shape index (κ1) is 25.2. The number of halogens is 1. The predicted molar refractivity (Wildman–Crippen MR) is 131 cm³/mol. The minimum absolute atomic E-state index is 0. The largest absolute Gasteiger partial charge is 0.362 e. The number of hydrogen-bond donors (Lipinski definition) is 2. The Morgan fingerprint density at radius 3 is 2.48 bits per heavy atom. The predicted octanol–water partition coefficient (Wildman–Crippen LogP) is 4.32. The fourth-order valence-corrected chi connectivity index (χ4v) is 4.52. The van der Waals surface area contributed by atoms with Gasteiger partial charge in [0.05, 0.1) is 5.56 Å². The van der Waals surface area contributed by atoms with E-state index in [1.807, 2.05) is 44.2 Å². The average Bonchev–Trinajstić information content (AvgIpc) is 2.70. The molecule has 2 aromatic heterocycles. The zero-order valence-electron chi connectivity index (χ0n) is 18.9. The standard InChI is InChI=1S/C22H32N6OS.ClH/c1-14(2)30-21-18(7-6-12-23-21)20(29)25-16-8-10-17(11-9-16)26-22-24-13-15(3)19(27-22)28(4)5;/h6-7,12-14,16-17H,8-11H2,1-5H3,(H,25,29)(H,24,26,27);1H/t16-,17+;. The van der Waals surface area contributed by atoms with Crippen molar-refractivity contribution in [3.05, 3.63) is 35.7 Å². The highest BCUT2D eigenvalue weighted by molar-refractivity contribution is 7.99. The van der Waals surface area contributed by atoms with Gasteiger partial charge >= 0.3 is 0 Å². The topological polar surface area (TPSA) is 83.0 Å². The van der Waals surface area contributed by atoms with Crippen molar-refractivity contribution in [2.24, 2.45) is 0 Å². The summed E-state index contributed by atoms with van der Waals surface area (Å²) in [5.41, 5.74) is 1.73. The van der Waals surface area contributed by atoms with Crippen LogP contribution < -0.4 is 15.5 Å². The Bertz CT molecular complexity index is 871. The molecule has 1 fully saturated rings. The van der Waals surface area contributed by atoms with Crippen LogP contribution in [0.1, 0.15) is 55.5 Å². The van der Waals surface area contributed by atoms with Gasteiger partial charge in [0.15, 0.2) is 0 Å². The summed E-state index contributed by atoms with van der Waals surface area (Å²) in [5, 5.41) is 7.85. The number of anilines is 2. The summed E-state index contributed by atoms with van der Waals surface area (Å²) in [7, 11) is 3.97. The van der Waals surface area contributed by atoms with Crippen LogP contribution in [0.2, 0.25) is 0 Å². The minimum atomic E-state index is -0.0276. The number of pyridine rings is 1. The summed E-state index contributed by atoms with van der Waals surface area (Å²) in [5.74, 6) is 1.57. The van der Waals surface area contributed by atoms with Crippen LogP contribution in [0.5, 0.6) is 0 Å². The number of rotatable bonds is 7. The molecule has 1 aliphatic rings. The van der Waals surface area contributed by atoms with Gasteiger partial charge in [0.25, 0.3) is 5.91 Å². The molecule has 2 aromatic rings. The molecule has 0 aromatic carbocycles. The lowest BCUT2D eigenvalue weighted by Gasteiger charge is -2.30. The summed E-state index contributed by atoms with van der Waals surface area (Å²) >= 11 is 1.62. The molecular weight excluding hydrogens is 432 g/mol. The number of carbonyl (C=O) groups excluding carboxylic acids is 1. The van der Waals surface area contributed by atoms with E-state index in [1.54, 1.807) is 18.0 Å². The molecule has 0 unspecified atom stereocenters. The van der Waals surface area contributed by atoms with Gasteiger partial charge in [-0.3, -0.25) is 4.79 Å². The first-order valence-corrected chi connectivity index (χ1v) is 11.4. The average molecular weight is 465 g/mol. The Balaban J connectivity index is 0.00000341. The van der Waals surface area contributed by atoms with Crippen LogP contribution in [0, 0.1) is 6.92 Å². The molecule has 3 rings (SSSR count). The van der Waals surface area contributed by atoms with Crippen molar-refractivity contribution in [2.45, 2.75) is 68.8 Å². The molecule has 2 N–H and O–H groups in total. The maximum Gasteiger partial charge on any atom is 0.254 e. The maximum absolute atomic E-state index is 12.8. The Hall–Kier alpha value is -2.06. The molecule has 1 saturated carbocycles. The zero-order chi connectivity index (χ0) is 21.7. The van der Waals surface area contributed by atoms with E-state index in [2.05, 4.69) is 39.4 Å². The van der Waals surface area contributed by atoms with Crippen LogP contribution in [0.15, 0.2) is 29.6 Å². The van der Waals surface area contributed by atoms with E-state index in [0.717, 1.165) is 42.1 Å². The SMILES string of the molecule is Cc1cnc(N[C@H]2CC[C@@H](NC(=O)c3cccnc3SC(C)C)CC2)nc1N(C)C.Cl. The number of carbonyl (C=O) groups is 1. The molecule has 2 heterocycles. The van der Waals surface area contributed by atoms with E-state index in [1.165, 1.54) is 0 Å². The second kappa shape index (κ2) is 11.5. The summed E-state index contributed by atoms with van der Waals surface area (Å²) in [6.45, 7) is 6.23. The molecule has 0 bridgehead atoms. The van der Waals surface area contributed by atoms with Crippen molar-refractivity contribution in [1.29, 1.82) is 0 Å². The van der Waals surface area contributed by atoms with E-state index in [9.17, 15) is 4.79 Å². The molecule has 0 aliphatic heterocycles. The molecule has 170 valence electrons. The lowest BCUT2D eigenvalue weighted by Crippen LogP contribution is -2.40. The number of thioether (sulfide) groups is 1. The van der Waals surface area contributed by atoms with E-state index in [4.69, 9.17) is 0 Å². The van der Waals surface area contributed by atoms with Crippen molar-refractivity contribution in [3.63, 3.8) is 0 Å². The van der Waals surface area contributed by atoms with E-state index < -0.39 is 0 Å². The number of nitrogens with one attached hydrogen (secondary N) is 2. The highest BCUT2D eigenvalue weighted by atomic mass is 35.5. The maximum atomic E-state index is 12.8. The number of hydrogen-bond acceptors (Lipinski definition) is 7. The summed E-state index contributed by atoms with van der Waals surface area (Å²) < 4.78 is 0. The lowest BCUT2D eigenvalue weighted by molar-refractivity contribution is 0.0923. The normalized spacial score (nSPS) is 18.3. The summed E-state index contributed by atoms with van der Waals surface area (Å²) in [6, 6.07) is 4.19. The highest BCUT2D eigenvalue weighted by Gasteiger charge is 2.24. The molecule has 0 atom stereocenters. The van der Waals surface area contributed by atoms with Crippen molar-refractivity contribution in [3.8, 4) is 0 Å². The van der Waals surface area contributed by atoms with Crippen molar-refractivity contribution in [2.75, 3.05) is 24.3 Å². The van der Waals surface area contributed by atoms with Gasteiger partial charge in [-0.1, -0.05) is 13.8 Å². The second-order valence-corrected chi connectivity index (χ2v) is 9.85. The quantitative estimate of drug-likeness (QED) is 0.590. The fraction of sp³-hybridized carbons (Fsp3) is 0.545. The monoisotopic (exact) mass is 464 g/mol. The van der Waals surface area contributed by atoms with Crippen molar-refractivity contribution < 1.29 is 4.79 Å². The van der Waals surface area contributed by atoms with Gasteiger partial charge in [0.2, 0.25) is 5.95 Å². The third-order valence-corrected chi connectivity index (χ3v) is 6.15. The van der Waals surface area contributed by atoms with Gasteiger partial charge in [0, 0.05) is 49.4 Å². The molecule has 1 aliphatic carbocycles. The second-order valence-electron chi connectivity index (χ2n) is 8.28. The Morgan fingerprint density at radius 2 is 1.84 bits per heavy atom. The molecule has 0 spiro atoms. The zero-order valence-corrected chi connectivity index (χ0v) is 20.5. The fourth-order valence-electron chi connectivity index (χ4n) is 3.66. The molecule has 31 heavy (non-hydrogen) atoms. The van der Waals surface area contributed by atoms with Crippen molar-refractivity contribution in [1.82, 2.24) is 20.3 Å². The van der Waals surface area contributed by atoms with Crippen LogP contribution in [0.4, 0.5) is 11.8 Å². The molecule has 7 nitrogen and oxygen atoms in total. The smallest absolute Gasteiger partial charge is 0.254 e. The number of aromatic nitrogens is 3. The first-order valence-electron chi connectivity index (χ1n) is 10.5. The lowest BCUT2D eigenvalue weighted by atomic mass is 9.91. The molecule has 1 amide bonds. The third-order valence-electron chi connectivity index (χ3n) is 5.13.